The second-order valence-electron chi connectivity index (χ2n) is 3.03. The van der Waals surface area contributed by atoms with Crippen LogP contribution in [0.3, 0.4) is 0 Å². The van der Waals surface area contributed by atoms with Gasteiger partial charge in [-0.2, -0.15) is 5.26 Å². The molecular formula is C9H7N3O2S. The number of carbonyl (C=O) groups excluding carboxylic acids is 2. The largest absolute Gasteiger partial charge is 0.325 e. The first-order valence-corrected chi connectivity index (χ1v) is 5.15. The van der Waals surface area contributed by atoms with Crippen LogP contribution in [0.25, 0.3) is 0 Å². The molecule has 2 heterocycles. The summed E-state index contributed by atoms with van der Waals surface area (Å²) < 4.78 is 0. The number of urea groups is 1. The van der Waals surface area contributed by atoms with Gasteiger partial charge in [0.15, 0.2) is 0 Å². The molecule has 15 heavy (non-hydrogen) atoms. The predicted molar refractivity (Wildman–Crippen MR) is 53.3 cm³/mol. The monoisotopic (exact) mass is 221 g/mol. The van der Waals surface area contributed by atoms with Crippen molar-refractivity contribution >= 4 is 23.3 Å². The Kier molecular flexibility index (Phi) is 2.39. The van der Waals surface area contributed by atoms with E-state index in [1.807, 2.05) is 6.07 Å². The highest BCUT2D eigenvalue weighted by Crippen LogP contribution is 2.16. The maximum atomic E-state index is 11.4. The lowest BCUT2D eigenvalue weighted by Gasteiger charge is -2.02. The van der Waals surface area contributed by atoms with Gasteiger partial charge in [-0.3, -0.25) is 10.1 Å². The first-order valence-electron chi connectivity index (χ1n) is 4.27. The number of hydrogen-bond donors (Lipinski definition) is 1. The quantitative estimate of drug-likeness (QED) is 0.713. The average molecular weight is 221 g/mol. The summed E-state index contributed by atoms with van der Waals surface area (Å²) in [7, 11) is 0. The summed E-state index contributed by atoms with van der Waals surface area (Å²) in [6.07, 6.45) is 0. The second-order valence-corrected chi connectivity index (χ2v) is 3.98. The Morgan fingerprint density at radius 1 is 1.67 bits per heavy atom. The van der Waals surface area contributed by atoms with E-state index < -0.39 is 11.9 Å². The van der Waals surface area contributed by atoms with Crippen LogP contribution in [0.4, 0.5) is 4.79 Å². The van der Waals surface area contributed by atoms with Gasteiger partial charge in [-0.1, -0.05) is 6.07 Å². The molecule has 0 spiro atoms. The van der Waals surface area contributed by atoms with Crippen LogP contribution >= 0.6 is 11.3 Å². The number of hydrogen-bond acceptors (Lipinski definition) is 4. The number of nitrogens with one attached hydrogen (secondary N) is 1. The highest BCUT2D eigenvalue weighted by Gasteiger charge is 2.39. The zero-order valence-electron chi connectivity index (χ0n) is 7.64. The lowest BCUT2D eigenvalue weighted by Crippen LogP contribution is -2.34. The Bertz CT molecular complexity index is 435. The Morgan fingerprint density at radius 3 is 3.00 bits per heavy atom. The lowest BCUT2D eigenvalue weighted by molar-refractivity contribution is 0.0964. The predicted octanol–water partition coefficient (Wildman–Crippen LogP) is 0.806. The Balaban J connectivity index is 1.91. The first kappa shape index (κ1) is 9.68. The van der Waals surface area contributed by atoms with Gasteiger partial charge in [-0.15, -0.1) is 11.3 Å². The molecule has 1 N–H and O–H groups in total. The number of rotatable bonds is 1. The van der Waals surface area contributed by atoms with Crippen LogP contribution in [0.5, 0.6) is 0 Å². The van der Waals surface area contributed by atoms with Gasteiger partial charge >= 0.3 is 6.03 Å². The number of imide groups is 1. The molecule has 6 heteroatoms. The van der Waals surface area contributed by atoms with E-state index in [4.69, 9.17) is 5.26 Å². The van der Waals surface area contributed by atoms with Crippen LogP contribution in [0.1, 0.15) is 9.67 Å². The summed E-state index contributed by atoms with van der Waals surface area (Å²) in [5.41, 5.74) is 0. The van der Waals surface area contributed by atoms with E-state index in [1.165, 1.54) is 16.2 Å². The van der Waals surface area contributed by atoms with Gasteiger partial charge in [0.2, 0.25) is 0 Å². The maximum Gasteiger partial charge on any atom is 0.325 e. The van der Waals surface area contributed by atoms with Gasteiger partial charge in [0, 0.05) is 0 Å². The van der Waals surface area contributed by atoms with E-state index >= 15 is 0 Å². The molecule has 1 unspecified atom stereocenters. The van der Waals surface area contributed by atoms with Gasteiger partial charge in [0.1, 0.15) is 6.04 Å². The molecule has 0 saturated carbocycles. The van der Waals surface area contributed by atoms with E-state index in [9.17, 15) is 9.59 Å². The zero-order valence-corrected chi connectivity index (χ0v) is 8.45. The molecule has 0 aromatic carbocycles. The van der Waals surface area contributed by atoms with Crippen LogP contribution in [0, 0.1) is 11.3 Å². The van der Waals surface area contributed by atoms with Crippen molar-refractivity contribution in [3.63, 3.8) is 0 Å². The number of carbonyl (C=O) groups is 2. The highest BCUT2D eigenvalue weighted by molar-refractivity contribution is 7.12. The van der Waals surface area contributed by atoms with Gasteiger partial charge in [0.05, 0.1) is 17.5 Å². The standard InChI is InChI=1S/C9H7N3O2S/c10-4-6-5-12(6)9(14)11-8(13)7-2-1-3-15-7/h1-3,6H,5H2,(H,11,13,14). The molecule has 5 nitrogen and oxygen atoms in total. The molecule has 1 aliphatic heterocycles. The average Bonchev–Trinajstić information content (AvgIpc) is 2.82. The summed E-state index contributed by atoms with van der Waals surface area (Å²) in [6.45, 7) is 0.403. The topological polar surface area (TPSA) is 73.0 Å². The molecule has 0 bridgehead atoms. The summed E-state index contributed by atoms with van der Waals surface area (Å²) in [6, 6.07) is 4.43. The highest BCUT2D eigenvalue weighted by atomic mass is 32.1. The molecular weight excluding hydrogens is 214 g/mol. The molecule has 76 valence electrons. The molecule has 1 fully saturated rings. The lowest BCUT2D eigenvalue weighted by atomic mass is 10.4. The summed E-state index contributed by atoms with van der Waals surface area (Å²) >= 11 is 1.26. The van der Waals surface area contributed by atoms with E-state index in [0.29, 0.717) is 11.4 Å². The molecule has 3 amide bonds. The number of nitrogens with zero attached hydrogens (tertiary/aromatic N) is 2. The Morgan fingerprint density at radius 2 is 2.47 bits per heavy atom. The van der Waals surface area contributed by atoms with Crippen LogP contribution < -0.4 is 5.32 Å². The normalized spacial score (nSPS) is 18.1. The summed E-state index contributed by atoms with van der Waals surface area (Å²) in [4.78, 5) is 24.5. The molecule has 0 aliphatic carbocycles. The molecule has 0 radical (unpaired) electrons. The molecule has 1 aliphatic rings. The van der Waals surface area contributed by atoms with Gasteiger partial charge in [-0.25, -0.2) is 4.79 Å². The smallest absolute Gasteiger partial charge is 0.303 e. The number of nitriles is 1. The second kappa shape index (κ2) is 3.71. The van der Waals surface area contributed by atoms with E-state index in [1.54, 1.807) is 17.5 Å². The minimum absolute atomic E-state index is 0.374. The SMILES string of the molecule is N#CC1CN1C(=O)NC(=O)c1cccs1. The third-order valence-electron chi connectivity index (χ3n) is 1.99. The van der Waals surface area contributed by atoms with Gasteiger partial charge in [0.25, 0.3) is 5.91 Å². The molecule has 1 atom stereocenters. The van der Waals surface area contributed by atoms with Crippen LogP contribution in [0.15, 0.2) is 17.5 Å². The van der Waals surface area contributed by atoms with Crippen LogP contribution in [-0.2, 0) is 0 Å². The number of thiophene rings is 1. The van der Waals surface area contributed by atoms with Gasteiger partial charge < -0.3 is 4.90 Å². The van der Waals surface area contributed by atoms with E-state index in [0.717, 1.165) is 0 Å². The van der Waals surface area contributed by atoms with Gasteiger partial charge in [-0.05, 0) is 11.4 Å². The zero-order chi connectivity index (χ0) is 10.8. The summed E-state index contributed by atoms with van der Waals surface area (Å²) in [5.74, 6) is -0.418. The van der Waals surface area contributed by atoms with Crippen LogP contribution in [-0.4, -0.2) is 29.4 Å². The minimum Gasteiger partial charge on any atom is -0.303 e. The van der Waals surface area contributed by atoms with Crippen molar-refractivity contribution in [2.45, 2.75) is 6.04 Å². The molecule has 1 aromatic heterocycles. The fraction of sp³-hybridized carbons (Fsp3) is 0.222. The van der Waals surface area contributed by atoms with E-state index in [-0.39, 0.29) is 6.04 Å². The first-order chi connectivity index (χ1) is 7.22. The van der Waals surface area contributed by atoms with Crippen molar-refractivity contribution in [1.82, 2.24) is 10.2 Å². The van der Waals surface area contributed by atoms with Crippen molar-refractivity contribution in [3.8, 4) is 6.07 Å². The Hall–Kier alpha value is -1.87. The molecule has 2 rings (SSSR count). The van der Waals surface area contributed by atoms with Crippen LogP contribution in [0.2, 0.25) is 0 Å². The Labute approximate surface area is 89.9 Å². The number of amides is 3. The fourth-order valence-corrected chi connectivity index (χ4v) is 1.73. The van der Waals surface area contributed by atoms with Crippen molar-refractivity contribution in [1.29, 1.82) is 5.26 Å². The van der Waals surface area contributed by atoms with Crippen molar-refractivity contribution in [2.75, 3.05) is 6.54 Å². The maximum absolute atomic E-state index is 11.4. The fourth-order valence-electron chi connectivity index (χ4n) is 1.11. The minimum atomic E-state index is -0.500. The summed E-state index contributed by atoms with van der Waals surface area (Å²) in [5, 5.41) is 12.5. The molecule has 1 aromatic rings. The molecule has 1 saturated heterocycles. The third-order valence-corrected chi connectivity index (χ3v) is 2.86. The van der Waals surface area contributed by atoms with Crippen molar-refractivity contribution in [3.05, 3.63) is 22.4 Å². The van der Waals surface area contributed by atoms with Crippen molar-refractivity contribution < 1.29 is 9.59 Å². The van der Waals surface area contributed by atoms with Crippen molar-refractivity contribution in [2.24, 2.45) is 0 Å². The third kappa shape index (κ3) is 1.97. The van der Waals surface area contributed by atoms with E-state index in [2.05, 4.69) is 5.32 Å².